The number of carbonyl (C=O) groups excluding carboxylic acids is 1. The molecule has 0 saturated heterocycles. The molecule has 0 saturated carbocycles. The van der Waals surface area contributed by atoms with Crippen LogP contribution in [0.1, 0.15) is 24.1 Å². The highest BCUT2D eigenvalue weighted by Gasteiger charge is 2.30. The topological polar surface area (TPSA) is 71.8 Å². The van der Waals surface area contributed by atoms with Crippen LogP contribution in [-0.4, -0.2) is 20.8 Å². The second kappa shape index (κ2) is 7.48. The normalized spacial score (nSPS) is 12.4. The Balaban J connectivity index is 1.67. The fourth-order valence-corrected chi connectivity index (χ4v) is 2.45. The average molecular weight is 375 g/mol. The Kier molecular flexibility index (Phi) is 5.11. The Morgan fingerprint density at radius 3 is 2.63 bits per heavy atom. The molecule has 0 radical (unpaired) electrons. The Bertz CT molecular complexity index is 924. The van der Waals surface area contributed by atoms with Crippen LogP contribution < -0.4 is 10.6 Å². The first-order valence-corrected chi connectivity index (χ1v) is 8.02. The lowest BCUT2D eigenvalue weighted by Crippen LogP contribution is -2.31. The quantitative estimate of drug-likeness (QED) is 0.719. The van der Waals surface area contributed by atoms with E-state index in [4.69, 9.17) is 0 Å². The van der Waals surface area contributed by atoms with Gasteiger partial charge in [-0.15, -0.1) is 0 Å². The number of pyridine rings is 1. The Hall–Kier alpha value is -3.36. The van der Waals surface area contributed by atoms with E-state index in [0.717, 1.165) is 17.7 Å². The van der Waals surface area contributed by atoms with Crippen molar-refractivity contribution in [1.29, 1.82) is 0 Å². The van der Waals surface area contributed by atoms with Crippen LogP contribution in [0.4, 0.5) is 23.7 Å². The number of hydrogen-bond acceptors (Lipinski definition) is 3. The molecule has 27 heavy (non-hydrogen) atoms. The third-order valence-electron chi connectivity index (χ3n) is 3.83. The number of hydrogen-bond donors (Lipinski definition) is 2. The number of halogens is 3. The second-order valence-corrected chi connectivity index (χ2v) is 5.82. The lowest BCUT2D eigenvalue weighted by molar-refractivity contribution is -0.137. The van der Waals surface area contributed by atoms with Gasteiger partial charge in [0.2, 0.25) is 0 Å². The zero-order valence-corrected chi connectivity index (χ0v) is 14.2. The van der Waals surface area contributed by atoms with Crippen molar-refractivity contribution in [2.45, 2.75) is 19.1 Å². The van der Waals surface area contributed by atoms with Crippen LogP contribution >= 0.6 is 0 Å². The minimum Gasteiger partial charge on any atom is -0.331 e. The molecule has 2 amide bonds. The van der Waals surface area contributed by atoms with Crippen LogP contribution in [0.2, 0.25) is 0 Å². The number of alkyl halides is 3. The highest BCUT2D eigenvalue weighted by molar-refractivity contribution is 5.89. The summed E-state index contributed by atoms with van der Waals surface area (Å²) in [5, 5.41) is 9.36. The van der Waals surface area contributed by atoms with Gasteiger partial charge >= 0.3 is 12.2 Å². The molecule has 6 nitrogen and oxygen atoms in total. The Labute approximate surface area is 153 Å². The largest absolute Gasteiger partial charge is 0.416 e. The number of anilines is 1. The summed E-state index contributed by atoms with van der Waals surface area (Å²) < 4.78 is 39.7. The molecule has 0 spiro atoms. The molecule has 3 rings (SSSR count). The van der Waals surface area contributed by atoms with Crippen LogP contribution in [-0.2, 0) is 6.18 Å². The standard InChI is InChI=1S/C18H16F3N5O/c1-12(13-5-7-22-8-6-13)24-17(27)25-15-10-23-26(11-15)16-4-2-3-14(9-16)18(19,20)21/h2-12H,1H3,(H2,24,25,27). The van der Waals surface area contributed by atoms with Crippen LogP contribution in [0, 0.1) is 0 Å². The van der Waals surface area contributed by atoms with E-state index in [1.54, 1.807) is 24.5 Å². The Morgan fingerprint density at radius 1 is 1.19 bits per heavy atom. The summed E-state index contributed by atoms with van der Waals surface area (Å²) in [6, 6.07) is 7.65. The number of urea groups is 1. The van der Waals surface area contributed by atoms with Crippen LogP contribution in [0.25, 0.3) is 5.69 Å². The molecule has 0 aliphatic rings. The molecule has 1 unspecified atom stereocenters. The van der Waals surface area contributed by atoms with Crippen molar-refractivity contribution in [2.75, 3.05) is 5.32 Å². The van der Waals surface area contributed by atoms with E-state index in [1.807, 2.05) is 6.92 Å². The van der Waals surface area contributed by atoms with Crippen molar-refractivity contribution in [3.05, 3.63) is 72.3 Å². The van der Waals surface area contributed by atoms with Gasteiger partial charge in [-0.2, -0.15) is 18.3 Å². The maximum Gasteiger partial charge on any atom is 0.416 e. The molecule has 2 aromatic heterocycles. The van der Waals surface area contributed by atoms with Crippen LogP contribution in [0.15, 0.2) is 61.2 Å². The molecule has 1 atom stereocenters. The van der Waals surface area contributed by atoms with Crippen LogP contribution in [0.3, 0.4) is 0 Å². The zero-order valence-electron chi connectivity index (χ0n) is 14.2. The van der Waals surface area contributed by atoms with E-state index in [9.17, 15) is 18.0 Å². The van der Waals surface area contributed by atoms with Gasteiger partial charge < -0.3 is 10.6 Å². The summed E-state index contributed by atoms with van der Waals surface area (Å²) in [7, 11) is 0. The minimum atomic E-state index is -4.44. The number of nitrogens with zero attached hydrogens (tertiary/aromatic N) is 3. The van der Waals surface area contributed by atoms with Gasteiger partial charge in [0, 0.05) is 12.4 Å². The number of carbonyl (C=O) groups is 1. The van der Waals surface area contributed by atoms with Gasteiger partial charge in [-0.05, 0) is 42.8 Å². The summed E-state index contributed by atoms with van der Waals surface area (Å²) in [4.78, 5) is 16.0. The van der Waals surface area contributed by atoms with Crippen LogP contribution in [0.5, 0.6) is 0 Å². The molecule has 0 aliphatic carbocycles. The van der Waals surface area contributed by atoms with Crippen molar-refractivity contribution in [3.8, 4) is 5.69 Å². The minimum absolute atomic E-state index is 0.239. The van der Waals surface area contributed by atoms with Gasteiger partial charge in [-0.3, -0.25) is 4.98 Å². The number of amides is 2. The van der Waals surface area contributed by atoms with E-state index < -0.39 is 17.8 Å². The highest BCUT2D eigenvalue weighted by Crippen LogP contribution is 2.30. The molecule has 2 heterocycles. The number of aromatic nitrogens is 3. The number of rotatable bonds is 4. The maximum absolute atomic E-state index is 12.8. The first-order chi connectivity index (χ1) is 12.8. The van der Waals surface area contributed by atoms with Crippen molar-refractivity contribution in [2.24, 2.45) is 0 Å². The lowest BCUT2D eigenvalue weighted by atomic mass is 10.1. The highest BCUT2D eigenvalue weighted by atomic mass is 19.4. The summed E-state index contributed by atoms with van der Waals surface area (Å²) in [6.45, 7) is 1.82. The molecule has 0 fully saturated rings. The maximum atomic E-state index is 12.8. The molecule has 1 aromatic carbocycles. The predicted molar refractivity (Wildman–Crippen MR) is 93.4 cm³/mol. The summed E-state index contributed by atoms with van der Waals surface area (Å²) in [5.74, 6) is 0. The first kappa shape index (κ1) is 18.4. The van der Waals surface area contributed by atoms with E-state index >= 15 is 0 Å². The predicted octanol–water partition coefficient (Wildman–Crippen LogP) is 4.17. The zero-order chi connectivity index (χ0) is 19.4. The van der Waals surface area contributed by atoms with Gasteiger partial charge in [0.15, 0.2) is 0 Å². The average Bonchev–Trinajstić information content (AvgIpc) is 3.10. The summed E-state index contributed by atoms with van der Waals surface area (Å²) in [5.41, 5.74) is 0.712. The molecular formula is C18H16F3N5O. The molecule has 2 N–H and O–H groups in total. The van der Waals surface area contributed by atoms with E-state index in [0.29, 0.717) is 5.69 Å². The van der Waals surface area contributed by atoms with Crippen molar-refractivity contribution < 1.29 is 18.0 Å². The fraction of sp³-hybridized carbons (Fsp3) is 0.167. The summed E-state index contributed by atoms with van der Waals surface area (Å²) >= 11 is 0. The van der Waals surface area contributed by atoms with Gasteiger partial charge in [-0.1, -0.05) is 6.07 Å². The van der Waals surface area contributed by atoms with E-state index in [-0.39, 0.29) is 11.7 Å². The molecular weight excluding hydrogens is 359 g/mol. The molecule has 0 aliphatic heterocycles. The summed E-state index contributed by atoms with van der Waals surface area (Å²) in [6.07, 6.45) is 1.62. The van der Waals surface area contributed by atoms with E-state index in [2.05, 4.69) is 20.7 Å². The first-order valence-electron chi connectivity index (χ1n) is 8.02. The van der Waals surface area contributed by atoms with Crippen molar-refractivity contribution in [3.63, 3.8) is 0 Å². The van der Waals surface area contributed by atoms with Gasteiger partial charge in [-0.25, -0.2) is 9.48 Å². The van der Waals surface area contributed by atoms with Gasteiger partial charge in [0.1, 0.15) is 0 Å². The third kappa shape index (κ3) is 4.63. The van der Waals surface area contributed by atoms with Crippen molar-refractivity contribution in [1.82, 2.24) is 20.1 Å². The van der Waals surface area contributed by atoms with Gasteiger partial charge in [0.25, 0.3) is 0 Å². The van der Waals surface area contributed by atoms with E-state index in [1.165, 1.54) is 29.2 Å². The van der Waals surface area contributed by atoms with Crippen molar-refractivity contribution >= 4 is 11.7 Å². The lowest BCUT2D eigenvalue weighted by Gasteiger charge is -2.14. The van der Waals surface area contributed by atoms with Gasteiger partial charge in [0.05, 0.1) is 35.4 Å². The SMILES string of the molecule is CC(NC(=O)Nc1cnn(-c2cccc(C(F)(F)F)c2)c1)c1ccncc1. The smallest absolute Gasteiger partial charge is 0.331 e. The fourth-order valence-electron chi connectivity index (χ4n) is 2.45. The number of benzene rings is 1. The molecule has 0 bridgehead atoms. The monoisotopic (exact) mass is 375 g/mol. The number of nitrogens with one attached hydrogen (secondary N) is 2. The molecule has 140 valence electrons. The molecule has 9 heteroatoms. The Morgan fingerprint density at radius 2 is 1.93 bits per heavy atom. The molecule has 3 aromatic rings. The third-order valence-corrected chi connectivity index (χ3v) is 3.83. The second-order valence-electron chi connectivity index (χ2n) is 5.82.